The fraction of sp³-hybridized carbons (Fsp3) is 0.381. The van der Waals surface area contributed by atoms with Crippen LogP contribution >= 0.6 is 0 Å². The van der Waals surface area contributed by atoms with Crippen molar-refractivity contribution in [1.29, 1.82) is 0 Å². The molecule has 0 saturated heterocycles. The Balaban J connectivity index is 1.73. The van der Waals surface area contributed by atoms with Gasteiger partial charge in [-0.25, -0.2) is 0 Å². The molecule has 26 heavy (non-hydrogen) atoms. The highest BCUT2D eigenvalue weighted by atomic mass is 16.5. The summed E-state index contributed by atoms with van der Waals surface area (Å²) < 4.78 is 5.29. The molecule has 0 radical (unpaired) electrons. The van der Waals surface area contributed by atoms with Crippen molar-refractivity contribution in [1.82, 2.24) is 4.98 Å². The SMILES string of the molecule is CCCOC(=O)CC1c2cc3c(cc2C(=O)N1c1cccnc1)CCC3. The first-order valence-electron chi connectivity index (χ1n) is 9.24. The Kier molecular flexibility index (Phi) is 4.45. The number of hydrogen-bond donors (Lipinski definition) is 0. The van der Waals surface area contributed by atoms with E-state index in [0.717, 1.165) is 31.2 Å². The summed E-state index contributed by atoms with van der Waals surface area (Å²) in [6.07, 6.45) is 7.47. The van der Waals surface area contributed by atoms with Gasteiger partial charge in [0.15, 0.2) is 0 Å². The average Bonchev–Trinajstić information content (AvgIpc) is 3.22. The van der Waals surface area contributed by atoms with Crippen LogP contribution in [0.1, 0.15) is 59.3 Å². The lowest BCUT2D eigenvalue weighted by Gasteiger charge is -2.24. The second-order valence-electron chi connectivity index (χ2n) is 6.89. The van der Waals surface area contributed by atoms with E-state index in [1.165, 1.54) is 11.1 Å². The molecule has 5 heteroatoms. The van der Waals surface area contributed by atoms with Crippen LogP contribution in [-0.4, -0.2) is 23.5 Å². The fourth-order valence-corrected chi connectivity index (χ4v) is 3.94. The highest BCUT2D eigenvalue weighted by molar-refractivity contribution is 6.11. The summed E-state index contributed by atoms with van der Waals surface area (Å²) >= 11 is 0. The fourth-order valence-electron chi connectivity index (χ4n) is 3.94. The lowest BCUT2D eigenvalue weighted by molar-refractivity contribution is -0.144. The number of ether oxygens (including phenoxy) is 1. The Morgan fingerprint density at radius 2 is 2.12 bits per heavy atom. The maximum atomic E-state index is 13.1. The first-order chi connectivity index (χ1) is 12.7. The number of anilines is 1. The van der Waals surface area contributed by atoms with Crippen molar-refractivity contribution >= 4 is 17.6 Å². The van der Waals surface area contributed by atoms with Gasteiger partial charge in [0.2, 0.25) is 0 Å². The highest BCUT2D eigenvalue weighted by Gasteiger charge is 2.40. The number of aryl methyl sites for hydroxylation is 2. The molecule has 1 aromatic carbocycles. The minimum absolute atomic E-state index is 0.0593. The van der Waals surface area contributed by atoms with E-state index in [0.29, 0.717) is 17.9 Å². The summed E-state index contributed by atoms with van der Waals surface area (Å²) in [5, 5.41) is 0. The summed E-state index contributed by atoms with van der Waals surface area (Å²) in [5.41, 5.74) is 4.92. The van der Waals surface area contributed by atoms with Crippen molar-refractivity contribution in [3.05, 3.63) is 58.9 Å². The molecular weight excluding hydrogens is 328 g/mol. The predicted octanol–water partition coefficient (Wildman–Crippen LogP) is 3.62. The van der Waals surface area contributed by atoms with E-state index in [9.17, 15) is 9.59 Å². The molecule has 0 saturated carbocycles. The van der Waals surface area contributed by atoms with Crippen LogP contribution < -0.4 is 4.90 Å². The van der Waals surface area contributed by atoms with E-state index < -0.39 is 0 Å². The van der Waals surface area contributed by atoms with Crippen LogP contribution in [-0.2, 0) is 22.4 Å². The molecule has 0 bridgehead atoms. The van der Waals surface area contributed by atoms with Gasteiger partial charge in [-0.3, -0.25) is 19.5 Å². The van der Waals surface area contributed by atoms with Crippen molar-refractivity contribution in [2.24, 2.45) is 0 Å². The van der Waals surface area contributed by atoms with Crippen molar-refractivity contribution < 1.29 is 14.3 Å². The summed E-state index contributed by atoms with van der Waals surface area (Å²) in [6.45, 7) is 2.37. The topological polar surface area (TPSA) is 59.5 Å². The van der Waals surface area contributed by atoms with Crippen LogP contribution in [0.25, 0.3) is 0 Å². The number of amides is 1. The van der Waals surface area contributed by atoms with Gasteiger partial charge in [-0.15, -0.1) is 0 Å². The minimum atomic E-state index is -0.336. The normalized spacial score (nSPS) is 18.0. The molecule has 0 spiro atoms. The first kappa shape index (κ1) is 16.8. The van der Waals surface area contributed by atoms with Crippen molar-refractivity contribution in [2.75, 3.05) is 11.5 Å². The van der Waals surface area contributed by atoms with Gasteiger partial charge < -0.3 is 4.74 Å². The number of rotatable bonds is 5. The Labute approximate surface area is 153 Å². The Morgan fingerprint density at radius 3 is 2.85 bits per heavy atom. The number of pyridine rings is 1. The number of benzene rings is 1. The van der Waals surface area contributed by atoms with Crippen molar-refractivity contribution in [3.63, 3.8) is 0 Å². The standard InChI is InChI=1S/C21H22N2O3/c1-2-9-26-20(24)12-19-17-10-14-5-3-6-15(14)11-18(17)21(25)23(19)16-7-4-8-22-13-16/h4,7-8,10-11,13,19H,2-3,5-6,9,12H2,1H3. The third-order valence-corrected chi connectivity index (χ3v) is 5.14. The number of aromatic nitrogens is 1. The summed E-state index contributed by atoms with van der Waals surface area (Å²) in [6, 6.07) is 7.48. The Morgan fingerprint density at radius 1 is 1.31 bits per heavy atom. The van der Waals surface area contributed by atoms with Gasteiger partial charge in [0.25, 0.3) is 5.91 Å². The van der Waals surface area contributed by atoms with Crippen LogP contribution in [0.2, 0.25) is 0 Å². The molecule has 0 fully saturated rings. The summed E-state index contributed by atoms with van der Waals surface area (Å²) in [7, 11) is 0. The number of carbonyl (C=O) groups is 2. The number of hydrogen-bond acceptors (Lipinski definition) is 4. The molecule has 2 aliphatic rings. The molecule has 4 rings (SSSR count). The second-order valence-corrected chi connectivity index (χ2v) is 6.89. The van der Waals surface area contributed by atoms with Gasteiger partial charge in [0.1, 0.15) is 0 Å². The molecule has 5 nitrogen and oxygen atoms in total. The molecule has 134 valence electrons. The highest BCUT2D eigenvalue weighted by Crippen LogP contribution is 2.41. The van der Waals surface area contributed by atoms with E-state index in [-0.39, 0.29) is 24.3 Å². The zero-order chi connectivity index (χ0) is 18.1. The molecule has 1 amide bonds. The molecule has 2 heterocycles. The zero-order valence-corrected chi connectivity index (χ0v) is 14.9. The number of nitrogens with zero attached hydrogens (tertiary/aromatic N) is 2. The quantitative estimate of drug-likeness (QED) is 0.773. The van der Waals surface area contributed by atoms with E-state index in [4.69, 9.17) is 4.74 Å². The molecule has 1 aliphatic carbocycles. The predicted molar refractivity (Wildman–Crippen MR) is 98.1 cm³/mol. The maximum Gasteiger partial charge on any atom is 0.308 e. The van der Waals surface area contributed by atoms with Crippen LogP contribution in [0.15, 0.2) is 36.7 Å². The largest absolute Gasteiger partial charge is 0.466 e. The summed E-state index contributed by atoms with van der Waals surface area (Å²) in [4.78, 5) is 31.3. The molecular formula is C21H22N2O3. The van der Waals surface area contributed by atoms with Gasteiger partial charge in [0.05, 0.1) is 31.0 Å². The Hall–Kier alpha value is -2.69. The zero-order valence-electron chi connectivity index (χ0n) is 14.9. The van der Waals surface area contributed by atoms with E-state index >= 15 is 0 Å². The van der Waals surface area contributed by atoms with Crippen molar-refractivity contribution in [2.45, 2.75) is 45.1 Å². The first-order valence-corrected chi connectivity index (χ1v) is 9.24. The number of esters is 1. The van der Waals surface area contributed by atoms with E-state index in [2.05, 4.69) is 11.1 Å². The number of fused-ring (bicyclic) bond motifs is 2. The average molecular weight is 350 g/mol. The molecule has 0 N–H and O–H groups in total. The molecule has 1 aliphatic heterocycles. The second kappa shape index (κ2) is 6.90. The van der Waals surface area contributed by atoms with E-state index in [1.54, 1.807) is 23.4 Å². The smallest absolute Gasteiger partial charge is 0.308 e. The van der Waals surface area contributed by atoms with Crippen LogP contribution in [0.4, 0.5) is 5.69 Å². The maximum absolute atomic E-state index is 13.1. The Bertz CT molecular complexity index is 848. The molecule has 1 unspecified atom stereocenters. The van der Waals surface area contributed by atoms with Gasteiger partial charge in [-0.1, -0.05) is 13.0 Å². The van der Waals surface area contributed by atoms with Gasteiger partial charge in [-0.2, -0.15) is 0 Å². The molecule has 1 aromatic heterocycles. The lowest BCUT2D eigenvalue weighted by atomic mass is 9.96. The number of carbonyl (C=O) groups excluding carboxylic acids is 2. The third-order valence-electron chi connectivity index (χ3n) is 5.14. The van der Waals surface area contributed by atoms with Crippen molar-refractivity contribution in [3.8, 4) is 0 Å². The van der Waals surface area contributed by atoms with E-state index in [1.807, 2.05) is 19.1 Å². The summed E-state index contributed by atoms with van der Waals surface area (Å²) in [5.74, 6) is -0.331. The third kappa shape index (κ3) is 2.87. The molecule has 1 atom stereocenters. The van der Waals surface area contributed by atoms with Crippen LogP contribution in [0.5, 0.6) is 0 Å². The minimum Gasteiger partial charge on any atom is -0.466 e. The monoisotopic (exact) mass is 350 g/mol. The molecule has 2 aromatic rings. The van der Waals surface area contributed by atoms with Gasteiger partial charge in [-0.05, 0) is 60.6 Å². The van der Waals surface area contributed by atoms with Crippen LogP contribution in [0.3, 0.4) is 0 Å². The lowest BCUT2D eigenvalue weighted by Crippen LogP contribution is -2.29. The van der Waals surface area contributed by atoms with Gasteiger partial charge in [0, 0.05) is 11.8 Å². The van der Waals surface area contributed by atoms with Crippen LogP contribution in [0, 0.1) is 0 Å². The van der Waals surface area contributed by atoms with Gasteiger partial charge >= 0.3 is 5.97 Å².